The number of nitrogens with zero attached hydrogens (tertiary/aromatic N) is 1. The van der Waals surface area contributed by atoms with Crippen LogP contribution >= 0.6 is 22.9 Å². The van der Waals surface area contributed by atoms with Crippen LogP contribution in [0, 0.1) is 12.7 Å². The standard InChI is InChI=1S/C11H10ClFN2S/c1-6-11(14)15-9(16-6)5-7-3-2-4-8(12)10(7)13/h2-4H,5,14H2,1H3. The van der Waals surface area contributed by atoms with Gasteiger partial charge in [0.1, 0.15) is 11.6 Å². The number of nitrogens with two attached hydrogens (primary N) is 1. The van der Waals surface area contributed by atoms with E-state index < -0.39 is 0 Å². The summed E-state index contributed by atoms with van der Waals surface area (Å²) in [6.45, 7) is 1.89. The van der Waals surface area contributed by atoms with Gasteiger partial charge in [-0.25, -0.2) is 9.37 Å². The maximum Gasteiger partial charge on any atom is 0.145 e. The molecule has 2 aromatic rings. The third-order valence-corrected chi connectivity index (χ3v) is 3.53. The molecule has 2 nitrogen and oxygen atoms in total. The summed E-state index contributed by atoms with van der Waals surface area (Å²) in [6.07, 6.45) is 0.426. The molecule has 16 heavy (non-hydrogen) atoms. The van der Waals surface area contributed by atoms with Gasteiger partial charge in [0, 0.05) is 11.3 Å². The molecule has 0 fully saturated rings. The zero-order valence-electron chi connectivity index (χ0n) is 8.63. The smallest absolute Gasteiger partial charge is 0.145 e. The average molecular weight is 257 g/mol. The lowest BCUT2D eigenvalue weighted by Gasteiger charge is -2.01. The summed E-state index contributed by atoms with van der Waals surface area (Å²) in [5, 5.41) is 0.940. The van der Waals surface area contributed by atoms with Crippen LogP contribution in [0.25, 0.3) is 0 Å². The first-order chi connectivity index (χ1) is 7.58. The van der Waals surface area contributed by atoms with Gasteiger partial charge < -0.3 is 5.73 Å². The van der Waals surface area contributed by atoms with E-state index in [2.05, 4.69) is 4.98 Å². The van der Waals surface area contributed by atoms with Crippen molar-refractivity contribution >= 4 is 28.8 Å². The van der Waals surface area contributed by atoms with Gasteiger partial charge in [0.05, 0.1) is 10.0 Å². The van der Waals surface area contributed by atoms with Gasteiger partial charge in [-0.2, -0.15) is 0 Å². The van der Waals surface area contributed by atoms with E-state index in [4.69, 9.17) is 17.3 Å². The Bertz CT molecular complexity index is 505. The minimum absolute atomic E-state index is 0.138. The first kappa shape index (κ1) is 11.4. The molecule has 0 unspecified atom stereocenters. The zero-order valence-corrected chi connectivity index (χ0v) is 10.2. The van der Waals surface area contributed by atoms with Crippen LogP contribution < -0.4 is 5.73 Å². The van der Waals surface area contributed by atoms with E-state index in [1.165, 1.54) is 17.4 Å². The Morgan fingerprint density at radius 3 is 2.88 bits per heavy atom. The number of nitrogen functional groups attached to an aromatic ring is 1. The highest BCUT2D eigenvalue weighted by molar-refractivity contribution is 7.12. The Morgan fingerprint density at radius 1 is 1.50 bits per heavy atom. The van der Waals surface area contributed by atoms with Crippen LogP contribution in [0.5, 0.6) is 0 Å². The second kappa shape index (κ2) is 4.39. The highest BCUT2D eigenvalue weighted by Crippen LogP contribution is 2.24. The fourth-order valence-corrected chi connectivity index (χ4v) is 2.46. The number of thiazole rings is 1. The fourth-order valence-electron chi connectivity index (χ4n) is 1.39. The Morgan fingerprint density at radius 2 is 2.25 bits per heavy atom. The largest absolute Gasteiger partial charge is 0.383 e. The number of hydrogen-bond donors (Lipinski definition) is 1. The summed E-state index contributed by atoms with van der Waals surface area (Å²) in [4.78, 5) is 5.12. The molecule has 1 aromatic carbocycles. The molecule has 1 aromatic heterocycles. The molecular weight excluding hydrogens is 247 g/mol. The molecule has 0 saturated carbocycles. The van der Waals surface area contributed by atoms with E-state index >= 15 is 0 Å². The number of halogens is 2. The molecular formula is C11H10ClFN2S. The van der Waals surface area contributed by atoms with E-state index in [-0.39, 0.29) is 10.8 Å². The molecule has 2 rings (SSSR count). The van der Waals surface area contributed by atoms with E-state index in [0.29, 0.717) is 17.8 Å². The molecule has 84 valence electrons. The second-order valence-electron chi connectivity index (χ2n) is 3.44. The SMILES string of the molecule is Cc1sc(Cc2cccc(Cl)c2F)nc1N. The third-order valence-electron chi connectivity index (χ3n) is 2.25. The first-order valence-electron chi connectivity index (χ1n) is 4.72. The Kier molecular flexibility index (Phi) is 3.12. The predicted molar refractivity (Wildman–Crippen MR) is 65.5 cm³/mol. The molecule has 0 aliphatic heterocycles. The molecule has 0 spiro atoms. The molecule has 0 saturated heterocycles. The maximum absolute atomic E-state index is 13.6. The van der Waals surface area contributed by atoms with Gasteiger partial charge in [0.2, 0.25) is 0 Å². The fraction of sp³-hybridized carbons (Fsp3) is 0.182. The van der Waals surface area contributed by atoms with E-state index in [1.54, 1.807) is 12.1 Å². The van der Waals surface area contributed by atoms with E-state index in [0.717, 1.165) is 9.88 Å². The molecule has 0 bridgehead atoms. The van der Waals surface area contributed by atoms with Crippen molar-refractivity contribution < 1.29 is 4.39 Å². The molecule has 1 heterocycles. The summed E-state index contributed by atoms with van der Waals surface area (Å²) < 4.78 is 13.6. The van der Waals surface area contributed by atoms with Gasteiger partial charge in [-0.3, -0.25) is 0 Å². The summed E-state index contributed by atoms with van der Waals surface area (Å²) in [5.41, 5.74) is 6.18. The van der Waals surface area contributed by atoms with Crippen molar-refractivity contribution in [3.63, 3.8) is 0 Å². The average Bonchev–Trinajstić information content (AvgIpc) is 2.54. The minimum Gasteiger partial charge on any atom is -0.383 e. The van der Waals surface area contributed by atoms with Gasteiger partial charge in [0.25, 0.3) is 0 Å². The zero-order chi connectivity index (χ0) is 11.7. The second-order valence-corrected chi connectivity index (χ2v) is 5.13. The van der Waals surface area contributed by atoms with Gasteiger partial charge in [0.15, 0.2) is 0 Å². The van der Waals surface area contributed by atoms with Crippen molar-refractivity contribution in [2.45, 2.75) is 13.3 Å². The Balaban J connectivity index is 2.30. The summed E-state index contributed by atoms with van der Waals surface area (Å²) >= 11 is 7.18. The molecule has 0 aliphatic rings. The summed E-state index contributed by atoms with van der Waals surface area (Å²) in [7, 11) is 0. The van der Waals surface area contributed by atoms with Crippen LogP contribution in [0.1, 0.15) is 15.4 Å². The molecule has 0 aliphatic carbocycles. The van der Waals surface area contributed by atoms with Gasteiger partial charge >= 0.3 is 0 Å². The maximum atomic E-state index is 13.6. The topological polar surface area (TPSA) is 38.9 Å². The number of aryl methyl sites for hydroxylation is 1. The van der Waals surface area contributed by atoms with Crippen molar-refractivity contribution in [1.29, 1.82) is 0 Å². The Hall–Kier alpha value is -1.13. The minimum atomic E-state index is -0.379. The number of rotatable bonds is 2. The van der Waals surface area contributed by atoms with Gasteiger partial charge in [-0.05, 0) is 18.6 Å². The molecule has 2 N–H and O–H groups in total. The van der Waals surface area contributed by atoms with Crippen molar-refractivity contribution in [2.75, 3.05) is 5.73 Å². The van der Waals surface area contributed by atoms with Crippen molar-refractivity contribution in [3.05, 3.63) is 44.5 Å². The van der Waals surface area contributed by atoms with Gasteiger partial charge in [-0.1, -0.05) is 23.7 Å². The quantitative estimate of drug-likeness (QED) is 0.894. The number of anilines is 1. The van der Waals surface area contributed by atoms with Crippen LogP contribution in [-0.2, 0) is 6.42 Å². The summed E-state index contributed by atoms with van der Waals surface area (Å²) in [5.74, 6) is 0.137. The third kappa shape index (κ3) is 2.18. The Labute approximate surface area is 102 Å². The van der Waals surface area contributed by atoms with Crippen molar-refractivity contribution in [2.24, 2.45) is 0 Å². The molecule has 5 heteroatoms. The highest BCUT2D eigenvalue weighted by Gasteiger charge is 2.10. The summed E-state index contributed by atoms with van der Waals surface area (Å²) in [6, 6.07) is 4.96. The molecule has 0 radical (unpaired) electrons. The van der Waals surface area contributed by atoms with Crippen LogP contribution in [0.15, 0.2) is 18.2 Å². The van der Waals surface area contributed by atoms with Crippen LogP contribution in [0.3, 0.4) is 0 Å². The highest BCUT2D eigenvalue weighted by atomic mass is 35.5. The predicted octanol–water partition coefficient (Wildman–Crippen LogP) is 3.42. The molecule has 0 amide bonds. The van der Waals surface area contributed by atoms with Crippen LogP contribution in [-0.4, -0.2) is 4.98 Å². The monoisotopic (exact) mass is 256 g/mol. The lowest BCUT2D eigenvalue weighted by atomic mass is 10.1. The van der Waals surface area contributed by atoms with Crippen LogP contribution in [0.2, 0.25) is 5.02 Å². The lowest BCUT2D eigenvalue weighted by Crippen LogP contribution is -1.93. The van der Waals surface area contributed by atoms with E-state index in [1.807, 2.05) is 6.92 Å². The van der Waals surface area contributed by atoms with Crippen molar-refractivity contribution in [1.82, 2.24) is 4.98 Å². The lowest BCUT2D eigenvalue weighted by molar-refractivity contribution is 0.614. The normalized spacial score (nSPS) is 10.7. The van der Waals surface area contributed by atoms with E-state index in [9.17, 15) is 4.39 Å². The van der Waals surface area contributed by atoms with Crippen molar-refractivity contribution in [3.8, 4) is 0 Å². The van der Waals surface area contributed by atoms with Crippen LogP contribution in [0.4, 0.5) is 10.2 Å². The number of benzene rings is 1. The molecule has 0 atom stereocenters. The number of aromatic nitrogens is 1. The number of hydrogen-bond acceptors (Lipinski definition) is 3. The van der Waals surface area contributed by atoms with Gasteiger partial charge in [-0.15, -0.1) is 11.3 Å². The first-order valence-corrected chi connectivity index (χ1v) is 5.92.